The molecule has 40 heavy (non-hydrogen) atoms. The fourth-order valence-corrected chi connectivity index (χ4v) is 6.44. The Balaban J connectivity index is 1.69. The van der Waals surface area contributed by atoms with Gasteiger partial charge in [0.1, 0.15) is 22.8 Å². The van der Waals surface area contributed by atoms with E-state index in [0.717, 1.165) is 17.8 Å². The number of aliphatic hydroxyl groups excluding tert-OH is 2. The zero-order valence-electron chi connectivity index (χ0n) is 22.9. The Morgan fingerprint density at radius 2 is 1.70 bits per heavy atom. The Bertz CT molecular complexity index is 1520. The van der Waals surface area contributed by atoms with Crippen LogP contribution in [0.1, 0.15) is 29.5 Å². The van der Waals surface area contributed by atoms with Gasteiger partial charge < -0.3 is 36.0 Å². The molecule has 3 atom stereocenters. The molecule has 1 amide bonds. The molecule has 3 aliphatic rings. The van der Waals surface area contributed by atoms with Gasteiger partial charge in [-0.2, -0.15) is 0 Å². The molecule has 5 rings (SSSR count). The predicted octanol–water partition coefficient (Wildman–Crippen LogP) is 2.22. The van der Waals surface area contributed by atoms with Crippen LogP contribution in [-0.4, -0.2) is 76.6 Å². The Morgan fingerprint density at radius 3 is 2.27 bits per heavy atom. The molecule has 0 aromatic heterocycles. The van der Waals surface area contributed by atoms with Gasteiger partial charge in [-0.15, -0.1) is 0 Å². The van der Waals surface area contributed by atoms with Gasteiger partial charge in [0.25, 0.3) is 5.91 Å². The molecule has 0 bridgehead atoms. The average Bonchev–Trinajstić information content (AvgIpc) is 2.86. The second kappa shape index (κ2) is 9.50. The van der Waals surface area contributed by atoms with Crippen LogP contribution < -0.4 is 10.6 Å². The first-order valence-corrected chi connectivity index (χ1v) is 13.0. The Kier molecular flexibility index (Phi) is 6.51. The van der Waals surface area contributed by atoms with Gasteiger partial charge >= 0.3 is 0 Å². The number of Topliss-reactive ketones (excluding diaryl/α,β-unsaturated/α-hetero) is 2. The third-order valence-electron chi connectivity index (χ3n) is 8.29. The van der Waals surface area contributed by atoms with Crippen molar-refractivity contribution in [3.63, 3.8) is 0 Å². The number of rotatable bonds is 5. The quantitative estimate of drug-likeness (QED) is 0.353. The smallest absolute Gasteiger partial charge is 0.255 e. The fraction of sp³-hybridized carbons (Fsp3) is 0.367. The number of amides is 1. The SMILES string of the molecule is CN(C)Cc1ccc(-c2cc(N(C)C)c3c(c2O)C(O)=C2C(=O)C4(O)C(O)=C(C(N)=O)C(=O)CC4CC2C3)cc1. The van der Waals surface area contributed by atoms with Gasteiger partial charge in [-0.1, -0.05) is 24.3 Å². The van der Waals surface area contributed by atoms with E-state index >= 15 is 0 Å². The summed E-state index contributed by atoms with van der Waals surface area (Å²) in [6.45, 7) is 0.740. The Hall–Kier alpha value is -4.15. The minimum Gasteiger partial charge on any atom is -0.508 e. The summed E-state index contributed by atoms with van der Waals surface area (Å²) in [6.07, 6.45) is -0.0142. The van der Waals surface area contributed by atoms with Crippen LogP contribution in [0, 0.1) is 11.8 Å². The number of primary amides is 1. The number of hydrogen-bond acceptors (Lipinski definition) is 9. The van der Waals surface area contributed by atoms with E-state index in [1.807, 2.05) is 68.3 Å². The number of phenols is 1. The van der Waals surface area contributed by atoms with Crippen molar-refractivity contribution in [3.05, 3.63) is 63.9 Å². The molecule has 1 saturated carbocycles. The van der Waals surface area contributed by atoms with Gasteiger partial charge in [0.05, 0.1) is 5.56 Å². The van der Waals surface area contributed by atoms with Crippen LogP contribution in [0.5, 0.6) is 5.75 Å². The van der Waals surface area contributed by atoms with E-state index in [1.165, 1.54) is 0 Å². The third kappa shape index (κ3) is 3.98. The largest absolute Gasteiger partial charge is 0.508 e. The van der Waals surface area contributed by atoms with Gasteiger partial charge in [-0.05, 0) is 55.6 Å². The second-order valence-electron chi connectivity index (χ2n) is 11.4. The average molecular weight is 548 g/mol. The van der Waals surface area contributed by atoms with Crippen molar-refractivity contribution in [1.82, 2.24) is 4.90 Å². The first-order chi connectivity index (χ1) is 18.8. The topological polar surface area (TPSA) is 165 Å². The molecule has 10 heteroatoms. The van der Waals surface area contributed by atoms with E-state index in [9.17, 15) is 34.8 Å². The number of nitrogens with two attached hydrogens (primary N) is 1. The lowest BCUT2D eigenvalue weighted by Crippen LogP contribution is -2.58. The van der Waals surface area contributed by atoms with Crippen molar-refractivity contribution in [3.8, 4) is 16.9 Å². The first-order valence-electron chi connectivity index (χ1n) is 13.0. The number of phenolic OH excluding ortho intramolecular Hbond substituents is 1. The summed E-state index contributed by atoms with van der Waals surface area (Å²) in [6, 6.07) is 9.50. The molecule has 3 unspecified atom stereocenters. The number of ketones is 2. The summed E-state index contributed by atoms with van der Waals surface area (Å²) in [5, 5.41) is 45.3. The zero-order chi connectivity index (χ0) is 29.3. The van der Waals surface area contributed by atoms with Crippen molar-refractivity contribution in [2.75, 3.05) is 33.1 Å². The molecule has 2 aromatic carbocycles. The lowest BCUT2D eigenvalue weighted by Gasteiger charge is -2.46. The number of carbonyl (C=O) groups is 3. The maximum absolute atomic E-state index is 13.8. The van der Waals surface area contributed by atoms with E-state index in [4.69, 9.17) is 5.73 Å². The highest BCUT2D eigenvalue weighted by molar-refractivity contribution is 6.22. The van der Waals surface area contributed by atoms with E-state index in [1.54, 1.807) is 0 Å². The van der Waals surface area contributed by atoms with Crippen LogP contribution in [0.15, 0.2) is 47.2 Å². The minimum absolute atomic E-state index is 0.0747. The molecular formula is C30H33N3O7. The molecule has 0 radical (unpaired) electrons. The number of hydrogen-bond donors (Lipinski definition) is 5. The van der Waals surface area contributed by atoms with Crippen LogP contribution >= 0.6 is 0 Å². The molecular weight excluding hydrogens is 514 g/mol. The summed E-state index contributed by atoms with van der Waals surface area (Å²) in [5.41, 5.74) is 5.38. The highest BCUT2D eigenvalue weighted by Gasteiger charge is 2.60. The first kappa shape index (κ1) is 27.4. The number of nitrogens with zero attached hydrogens (tertiary/aromatic N) is 2. The normalized spacial score (nSPS) is 24.1. The lowest BCUT2D eigenvalue weighted by molar-refractivity contribution is -0.147. The molecule has 210 valence electrons. The van der Waals surface area contributed by atoms with Crippen LogP contribution in [0.4, 0.5) is 5.69 Å². The molecule has 0 saturated heterocycles. The second-order valence-corrected chi connectivity index (χ2v) is 11.4. The number of aliphatic hydroxyl groups is 3. The summed E-state index contributed by atoms with van der Waals surface area (Å²) in [7, 11) is 7.62. The van der Waals surface area contributed by atoms with Gasteiger partial charge in [0.15, 0.2) is 11.4 Å². The molecule has 2 aromatic rings. The van der Waals surface area contributed by atoms with E-state index in [2.05, 4.69) is 0 Å². The number of carbonyl (C=O) groups excluding carboxylic acids is 3. The Morgan fingerprint density at radius 1 is 1.05 bits per heavy atom. The molecule has 6 N–H and O–H groups in total. The number of benzene rings is 2. The minimum atomic E-state index is -2.59. The van der Waals surface area contributed by atoms with Crippen LogP contribution in [0.25, 0.3) is 16.9 Å². The summed E-state index contributed by atoms with van der Waals surface area (Å²) >= 11 is 0. The lowest BCUT2D eigenvalue weighted by atomic mass is 9.59. The molecule has 0 heterocycles. The van der Waals surface area contributed by atoms with Crippen molar-refractivity contribution < 1.29 is 34.8 Å². The molecule has 3 aliphatic carbocycles. The maximum atomic E-state index is 13.8. The van der Waals surface area contributed by atoms with Crippen molar-refractivity contribution in [2.45, 2.75) is 31.4 Å². The summed E-state index contributed by atoms with van der Waals surface area (Å²) < 4.78 is 0. The zero-order valence-corrected chi connectivity index (χ0v) is 22.9. The van der Waals surface area contributed by atoms with Crippen molar-refractivity contribution in [2.24, 2.45) is 17.6 Å². The van der Waals surface area contributed by atoms with Gasteiger partial charge in [0, 0.05) is 49.8 Å². The molecule has 0 aliphatic heterocycles. The van der Waals surface area contributed by atoms with Crippen LogP contribution in [0.2, 0.25) is 0 Å². The van der Waals surface area contributed by atoms with Gasteiger partial charge in [-0.3, -0.25) is 14.4 Å². The van der Waals surface area contributed by atoms with E-state index < -0.39 is 52.0 Å². The maximum Gasteiger partial charge on any atom is 0.255 e. The summed E-state index contributed by atoms with van der Waals surface area (Å²) in [5.74, 6) is -6.39. The van der Waals surface area contributed by atoms with Crippen molar-refractivity contribution >= 4 is 28.9 Å². The fourth-order valence-electron chi connectivity index (χ4n) is 6.44. The number of fused-ring (bicyclic) bond motifs is 3. The highest BCUT2D eigenvalue weighted by Crippen LogP contribution is 2.54. The van der Waals surface area contributed by atoms with E-state index in [-0.39, 0.29) is 36.1 Å². The molecule has 10 nitrogen and oxygen atoms in total. The van der Waals surface area contributed by atoms with Gasteiger partial charge in [-0.25, -0.2) is 0 Å². The summed E-state index contributed by atoms with van der Waals surface area (Å²) in [4.78, 5) is 42.1. The number of anilines is 1. The molecule has 0 spiro atoms. The van der Waals surface area contributed by atoms with Crippen molar-refractivity contribution in [1.29, 1.82) is 0 Å². The monoisotopic (exact) mass is 547 g/mol. The standard InChI is InChI=1S/C30H33N3O7/c1-32(2)13-14-5-7-15(8-6-14)18-12-20(33(3)4)19-10-16-9-17-11-21(34)24(29(31)39)28(38)30(17,40)27(37)22(16)26(36)23(19)25(18)35/h5-8,12,16-17,35-36,38,40H,9-11,13H2,1-4H3,(H2,31,39). The third-order valence-corrected chi connectivity index (χ3v) is 8.29. The van der Waals surface area contributed by atoms with Crippen LogP contribution in [0.3, 0.4) is 0 Å². The highest BCUT2D eigenvalue weighted by atomic mass is 16.3. The van der Waals surface area contributed by atoms with Crippen LogP contribution in [-0.2, 0) is 27.3 Å². The van der Waals surface area contributed by atoms with E-state index in [0.29, 0.717) is 16.7 Å². The number of aromatic hydroxyl groups is 1. The van der Waals surface area contributed by atoms with Gasteiger partial charge in [0.2, 0.25) is 5.78 Å². The molecule has 1 fully saturated rings. The predicted molar refractivity (Wildman–Crippen MR) is 149 cm³/mol. The Labute approximate surface area is 231 Å².